The average molecular weight is 487 g/mol. The third-order valence-corrected chi connectivity index (χ3v) is 7.74. The van der Waals surface area contributed by atoms with Crippen LogP contribution < -0.4 is 10.2 Å². The number of benzene rings is 2. The van der Waals surface area contributed by atoms with E-state index in [1.807, 2.05) is 49.6 Å². The van der Waals surface area contributed by atoms with Crippen molar-refractivity contribution >= 4 is 32.7 Å². The number of anilines is 1. The van der Waals surface area contributed by atoms with Crippen LogP contribution in [0.5, 0.6) is 5.75 Å². The van der Waals surface area contributed by atoms with E-state index in [0.717, 1.165) is 16.9 Å². The van der Waals surface area contributed by atoms with Crippen molar-refractivity contribution in [1.29, 1.82) is 0 Å². The lowest BCUT2D eigenvalue weighted by Gasteiger charge is -2.34. The number of sulfonamides is 1. The molecule has 0 aliphatic carbocycles. The number of methoxy groups -OCH3 is 1. The number of hydrogen-bond donors (Lipinski definition) is 1. The van der Waals surface area contributed by atoms with Gasteiger partial charge in [0.1, 0.15) is 5.75 Å². The molecule has 174 valence electrons. The largest absolute Gasteiger partial charge is 0.496 e. The van der Waals surface area contributed by atoms with E-state index in [-0.39, 0.29) is 17.1 Å². The van der Waals surface area contributed by atoms with Crippen LogP contribution in [0.15, 0.2) is 63.9 Å². The second kappa shape index (κ2) is 10.0. The highest BCUT2D eigenvalue weighted by Gasteiger charge is 2.32. The van der Waals surface area contributed by atoms with Gasteiger partial charge < -0.3 is 9.47 Å². The first kappa shape index (κ1) is 23.4. The molecule has 2 atom stereocenters. The van der Waals surface area contributed by atoms with E-state index in [0.29, 0.717) is 23.9 Å². The summed E-state index contributed by atoms with van der Waals surface area (Å²) in [6.45, 7) is 4.45. The molecule has 8 nitrogen and oxygen atoms in total. The van der Waals surface area contributed by atoms with Crippen LogP contribution in [-0.2, 0) is 14.8 Å². The molecule has 1 aliphatic heterocycles. The molecule has 1 aliphatic rings. The highest BCUT2D eigenvalue weighted by Crippen LogP contribution is 2.28. The van der Waals surface area contributed by atoms with Crippen LogP contribution >= 0.6 is 11.3 Å². The molecular weight excluding hydrogens is 460 g/mol. The molecule has 3 aromatic rings. The molecule has 2 heterocycles. The van der Waals surface area contributed by atoms with Gasteiger partial charge in [-0.05, 0) is 38.1 Å². The van der Waals surface area contributed by atoms with E-state index in [9.17, 15) is 8.42 Å². The molecule has 2 aromatic carbocycles. The van der Waals surface area contributed by atoms with E-state index in [2.05, 4.69) is 15.5 Å². The summed E-state index contributed by atoms with van der Waals surface area (Å²) in [6.07, 6.45) is 1.38. The predicted molar refractivity (Wildman–Crippen MR) is 131 cm³/mol. The Morgan fingerprint density at radius 2 is 1.94 bits per heavy atom. The summed E-state index contributed by atoms with van der Waals surface area (Å²) in [5.74, 6) is 0.727. The zero-order valence-electron chi connectivity index (χ0n) is 18.6. The van der Waals surface area contributed by atoms with Crippen LogP contribution in [0.3, 0.4) is 0 Å². The van der Waals surface area contributed by atoms with Crippen molar-refractivity contribution in [1.82, 2.24) is 9.29 Å². The van der Waals surface area contributed by atoms with E-state index in [1.54, 1.807) is 31.5 Å². The topological polar surface area (TPSA) is 93.1 Å². The van der Waals surface area contributed by atoms with Gasteiger partial charge in [0.2, 0.25) is 15.2 Å². The molecular formula is C23H26N4O4S2. The highest BCUT2D eigenvalue weighted by molar-refractivity contribution is 7.89. The third-order valence-electron chi connectivity index (χ3n) is 5.16. The van der Waals surface area contributed by atoms with E-state index in [1.165, 1.54) is 15.6 Å². The lowest BCUT2D eigenvalue weighted by atomic mass is 10.2. The van der Waals surface area contributed by atoms with Crippen molar-refractivity contribution in [3.63, 3.8) is 0 Å². The SMILES string of the molecule is COc1ccccc1/C=N/Nc1nc(-c2cccc(S(=O)(=O)N3C[C@@H](C)O[C@H](C)C3)c2)cs1. The summed E-state index contributed by atoms with van der Waals surface area (Å²) in [5, 5.41) is 6.70. The zero-order chi connectivity index (χ0) is 23.4. The summed E-state index contributed by atoms with van der Waals surface area (Å²) in [6, 6.07) is 14.4. The van der Waals surface area contributed by atoms with Crippen molar-refractivity contribution in [3.05, 3.63) is 59.5 Å². The monoisotopic (exact) mass is 486 g/mol. The quantitative estimate of drug-likeness (QED) is 0.400. The molecule has 1 saturated heterocycles. The van der Waals surface area contributed by atoms with Gasteiger partial charge in [0.15, 0.2) is 0 Å². The van der Waals surface area contributed by atoms with Crippen LogP contribution in [0.2, 0.25) is 0 Å². The Labute approximate surface area is 197 Å². The lowest BCUT2D eigenvalue weighted by Crippen LogP contribution is -2.48. The van der Waals surface area contributed by atoms with Crippen LogP contribution in [0.4, 0.5) is 5.13 Å². The van der Waals surface area contributed by atoms with Crippen molar-refractivity contribution in [3.8, 4) is 17.0 Å². The Morgan fingerprint density at radius 3 is 2.70 bits per heavy atom. The Kier molecular flexibility index (Phi) is 7.08. The van der Waals surface area contributed by atoms with E-state index in [4.69, 9.17) is 9.47 Å². The van der Waals surface area contributed by atoms with Gasteiger partial charge in [-0.1, -0.05) is 24.3 Å². The van der Waals surface area contributed by atoms with Gasteiger partial charge >= 0.3 is 0 Å². The van der Waals surface area contributed by atoms with Gasteiger partial charge in [0, 0.05) is 29.6 Å². The maximum atomic E-state index is 13.2. The molecule has 0 radical (unpaired) electrons. The minimum atomic E-state index is -3.63. The van der Waals surface area contributed by atoms with Crippen molar-refractivity contribution in [2.45, 2.75) is 31.0 Å². The van der Waals surface area contributed by atoms with Gasteiger partial charge in [0.25, 0.3) is 0 Å². The number of hydrogen-bond acceptors (Lipinski definition) is 8. The number of rotatable bonds is 7. The summed E-state index contributed by atoms with van der Waals surface area (Å²) < 4.78 is 38.9. The summed E-state index contributed by atoms with van der Waals surface area (Å²) >= 11 is 1.39. The number of thiazole rings is 1. The molecule has 0 unspecified atom stereocenters. The van der Waals surface area contributed by atoms with Gasteiger partial charge in [-0.3, -0.25) is 5.43 Å². The predicted octanol–water partition coefficient (Wildman–Crippen LogP) is 4.06. The molecule has 10 heteroatoms. The lowest BCUT2D eigenvalue weighted by molar-refractivity contribution is -0.0440. The van der Waals surface area contributed by atoms with E-state index >= 15 is 0 Å². The fourth-order valence-corrected chi connectivity index (χ4v) is 5.99. The molecule has 1 N–H and O–H groups in total. The number of aromatic nitrogens is 1. The van der Waals surface area contributed by atoms with Crippen molar-refractivity contribution < 1.29 is 17.9 Å². The zero-order valence-corrected chi connectivity index (χ0v) is 20.3. The third kappa shape index (κ3) is 5.41. The first-order chi connectivity index (χ1) is 15.9. The Hall–Kier alpha value is -2.79. The fraction of sp³-hybridized carbons (Fsp3) is 0.304. The Morgan fingerprint density at radius 1 is 1.18 bits per heavy atom. The Balaban J connectivity index is 1.50. The molecule has 33 heavy (non-hydrogen) atoms. The molecule has 1 aromatic heterocycles. The molecule has 1 fully saturated rings. The van der Waals surface area contributed by atoms with Gasteiger partial charge in [-0.25, -0.2) is 13.4 Å². The average Bonchev–Trinajstić information content (AvgIpc) is 3.28. The van der Waals surface area contributed by atoms with Gasteiger partial charge in [0.05, 0.1) is 36.1 Å². The number of para-hydroxylation sites is 1. The van der Waals surface area contributed by atoms with Crippen LogP contribution in [-0.4, -0.2) is 56.3 Å². The maximum Gasteiger partial charge on any atom is 0.243 e. The van der Waals surface area contributed by atoms with Crippen molar-refractivity contribution in [2.24, 2.45) is 5.10 Å². The standard InChI is InChI=1S/C23H26N4O4S2/c1-16-13-27(14-17(2)31-16)33(28,29)20-9-6-8-18(11-20)21-15-32-23(25-21)26-24-12-19-7-4-5-10-22(19)30-3/h4-12,15-17H,13-14H2,1-3H3,(H,25,26)/b24-12+/t16-,17-/m1/s1. The molecule has 4 rings (SSSR count). The highest BCUT2D eigenvalue weighted by atomic mass is 32.2. The van der Waals surface area contributed by atoms with Crippen LogP contribution in [0, 0.1) is 0 Å². The summed E-state index contributed by atoms with van der Waals surface area (Å²) in [7, 11) is -2.01. The van der Waals surface area contributed by atoms with Crippen molar-refractivity contribution in [2.75, 3.05) is 25.6 Å². The number of hydrazone groups is 1. The van der Waals surface area contributed by atoms with Gasteiger partial charge in [-0.2, -0.15) is 9.41 Å². The number of ether oxygens (including phenoxy) is 2. The smallest absolute Gasteiger partial charge is 0.243 e. The minimum absolute atomic E-state index is 0.143. The second-order valence-corrected chi connectivity index (χ2v) is 10.6. The molecule has 0 amide bonds. The minimum Gasteiger partial charge on any atom is -0.496 e. The Bertz CT molecular complexity index is 1230. The van der Waals surface area contributed by atoms with Crippen LogP contribution in [0.1, 0.15) is 19.4 Å². The summed E-state index contributed by atoms with van der Waals surface area (Å²) in [4.78, 5) is 4.80. The fourth-order valence-electron chi connectivity index (χ4n) is 3.68. The van der Waals surface area contributed by atoms with Gasteiger partial charge in [-0.15, -0.1) is 11.3 Å². The first-order valence-corrected chi connectivity index (χ1v) is 12.8. The molecule has 0 spiro atoms. The maximum absolute atomic E-state index is 13.2. The number of morpholine rings is 1. The second-order valence-electron chi connectivity index (χ2n) is 7.76. The van der Waals surface area contributed by atoms with E-state index < -0.39 is 10.0 Å². The molecule has 0 bridgehead atoms. The van der Waals surface area contributed by atoms with Crippen LogP contribution in [0.25, 0.3) is 11.3 Å². The molecule has 0 saturated carbocycles. The first-order valence-electron chi connectivity index (χ1n) is 10.5. The normalized spacial score (nSPS) is 19.6. The number of nitrogens with one attached hydrogen (secondary N) is 1. The number of nitrogens with zero attached hydrogens (tertiary/aromatic N) is 3. The summed E-state index contributed by atoms with van der Waals surface area (Å²) in [5.41, 5.74) is 5.17.